The first-order chi connectivity index (χ1) is 7.58. The average Bonchev–Trinajstić information content (AvgIpc) is 3.04. The summed E-state index contributed by atoms with van der Waals surface area (Å²) >= 11 is 5.65. The van der Waals surface area contributed by atoms with E-state index in [9.17, 15) is 9.18 Å². The Hall–Kier alpha value is -0.890. The zero-order chi connectivity index (χ0) is 11.7. The molecule has 0 bridgehead atoms. The third-order valence-electron chi connectivity index (χ3n) is 3.22. The van der Waals surface area contributed by atoms with Crippen LogP contribution in [-0.4, -0.2) is 5.78 Å². The zero-order valence-electron chi connectivity index (χ0n) is 9.17. The normalized spacial score (nSPS) is 17.2. The molecule has 3 heteroatoms. The van der Waals surface area contributed by atoms with Crippen LogP contribution in [0.3, 0.4) is 0 Å². The first kappa shape index (κ1) is 11.6. The molecule has 1 nitrogen and oxygen atoms in total. The van der Waals surface area contributed by atoms with E-state index < -0.39 is 0 Å². The third kappa shape index (κ3) is 2.62. The second-order valence-electron chi connectivity index (χ2n) is 4.50. The van der Waals surface area contributed by atoms with E-state index in [1.54, 1.807) is 12.1 Å². The lowest BCUT2D eigenvalue weighted by molar-refractivity contribution is -0.122. The molecule has 1 saturated carbocycles. The van der Waals surface area contributed by atoms with Gasteiger partial charge in [0, 0.05) is 17.4 Å². The minimum absolute atomic E-state index is 0.0649. The van der Waals surface area contributed by atoms with Gasteiger partial charge in [-0.25, -0.2) is 4.39 Å². The number of carbonyl (C=O) groups is 1. The van der Waals surface area contributed by atoms with Gasteiger partial charge in [-0.3, -0.25) is 4.79 Å². The van der Waals surface area contributed by atoms with Crippen molar-refractivity contribution in [2.45, 2.75) is 26.2 Å². The molecule has 1 aliphatic carbocycles. The van der Waals surface area contributed by atoms with Crippen molar-refractivity contribution in [2.24, 2.45) is 11.8 Å². The van der Waals surface area contributed by atoms with Gasteiger partial charge in [-0.1, -0.05) is 24.6 Å². The zero-order valence-corrected chi connectivity index (χ0v) is 9.93. The SMILES string of the molecule is CC(C(=O)Cc1ccc(Cl)cc1F)C1CC1. The summed E-state index contributed by atoms with van der Waals surface area (Å²) in [4.78, 5) is 11.8. The quantitative estimate of drug-likeness (QED) is 0.785. The van der Waals surface area contributed by atoms with Gasteiger partial charge in [0.05, 0.1) is 0 Å². The Balaban J connectivity index is 2.05. The molecule has 0 spiro atoms. The van der Waals surface area contributed by atoms with Crippen molar-refractivity contribution in [3.8, 4) is 0 Å². The molecule has 1 fully saturated rings. The number of rotatable bonds is 4. The first-order valence-electron chi connectivity index (χ1n) is 5.54. The fourth-order valence-electron chi connectivity index (χ4n) is 1.87. The predicted molar refractivity (Wildman–Crippen MR) is 62.0 cm³/mol. The molecule has 1 aromatic rings. The number of carbonyl (C=O) groups excluding carboxylic acids is 1. The molecule has 0 N–H and O–H groups in total. The molecule has 0 saturated heterocycles. The molecule has 2 rings (SSSR count). The van der Waals surface area contributed by atoms with Gasteiger partial charge >= 0.3 is 0 Å². The summed E-state index contributed by atoms with van der Waals surface area (Å²) in [6.07, 6.45) is 2.45. The maximum atomic E-state index is 13.5. The van der Waals surface area contributed by atoms with Gasteiger partial charge in [0.15, 0.2) is 0 Å². The fourth-order valence-corrected chi connectivity index (χ4v) is 2.03. The molecule has 1 aliphatic rings. The molecule has 1 unspecified atom stereocenters. The standard InChI is InChI=1S/C13H14ClFO/c1-8(9-2-3-9)13(16)6-10-4-5-11(14)7-12(10)15/h4-5,7-9H,2-3,6H2,1H3. The molecule has 0 aromatic heterocycles. The summed E-state index contributed by atoms with van der Waals surface area (Å²) in [5, 5.41) is 0.365. The van der Waals surface area contributed by atoms with Crippen molar-refractivity contribution in [2.75, 3.05) is 0 Å². The van der Waals surface area contributed by atoms with Crippen molar-refractivity contribution in [1.82, 2.24) is 0 Å². The van der Waals surface area contributed by atoms with Crippen LogP contribution in [0, 0.1) is 17.7 Å². The first-order valence-corrected chi connectivity index (χ1v) is 5.92. The maximum absolute atomic E-state index is 13.5. The average molecular weight is 241 g/mol. The minimum Gasteiger partial charge on any atom is -0.299 e. The van der Waals surface area contributed by atoms with E-state index in [-0.39, 0.29) is 23.9 Å². The summed E-state index contributed by atoms with van der Waals surface area (Å²) in [7, 11) is 0. The smallest absolute Gasteiger partial charge is 0.140 e. The van der Waals surface area contributed by atoms with Crippen LogP contribution in [0.4, 0.5) is 4.39 Å². The number of benzene rings is 1. The summed E-state index contributed by atoms with van der Waals surface area (Å²) in [5.41, 5.74) is 0.446. The molecule has 0 aliphatic heterocycles. The highest BCUT2D eigenvalue weighted by Gasteiger charge is 2.32. The van der Waals surface area contributed by atoms with Crippen molar-refractivity contribution in [3.05, 3.63) is 34.6 Å². The molecule has 0 heterocycles. The van der Waals surface area contributed by atoms with Gasteiger partial charge in [0.25, 0.3) is 0 Å². The minimum atomic E-state index is -0.385. The van der Waals surface area contributed by atoms with Crippen molar-refractivity contribution in [1.29, 1.82) is 0 Å². The lowest BCUT2D eigenvalue weighted by Crippen LogP contribution is -2.16. The molecule has 0 radical (unpaired) electrons. The molecular weight excluding hydrogens is 227 g/mol. The number of hydrogen-bond acceptors (Lipinski definition) is 1. The largest absolute Gasteiger partial charge is 0.299 e. The lowest BCUT2D eigenvalue weighted by atomic mass is 9.95. The van der Waals surface area contributed by atoms with Crippen LogP contribution in [0.25, 0.3) is 0 Å². The van der Waals surface area contributed by atoms with Crippen molar-refractivity contribution < 1.29 is 9.18 Å². The second kappa shape index (κ2) is 4.54. The molecule has 16 heavy (non-hydrogen) atoms. The molecular formula is C13H14ClFO. The summed E-state index contributed by atoms with van der Waals surface area (Å²) in [6.45, 7) is 1.94. The molecule has 1 atom stereocenters. The van der Waals surface area contributed by atoms with Gasteiger partial charge in [0.1, 0.15) is 11.6 Å². The van der Waals surface area contributed by atoms with Crippen LogP contribution < -0.4 is 0 Å². The van der Waals surface area contributed by atoms with Crippen LogP contribution in [0.1, 0.15) is 25.3 Å². The fraction of sp³-hybridized carbons (Fsp3) is 0.462. The highest BCUT2D eigenvalue weighted by atomic mass is 35.5. The number of ketones is 1. The topological polar surface area (TPSA) is 17.1 Å². The van der Waals surface area contributed by atoms with Crippen LogP contribution in [0.2, 0.25) is 5.02 Å². The van der Waals surface area contributed by atoms with Crippen molar-refractivity contribution >= 4 is 17.4 Å². The van der Waals surface area contributed by atoms with Gasteiger partial charge in [-0.05, 0) is 36.5 Å². The van der Waals surface area contributed by atoms with Crippen LogP contribution in [-0.2, 0) is 11.2 Å². The summed E-state index contributed by atoms with van der Waals surface area (Å²) < 4.78 is 13.5. The third-order valence-corrected chi connectivity index (χ3v) is 3.45. The Kier molecular flexibility index (Phi) is 3.29. The molecule has 0 amide bonds. The summed E-state index contributed by atoms with van der Waals surface area (Å²) in [5.74, 6) is 0.338. The van der Waals surface area contributed by atoms with Gasteiger partial charge in [-0.15, -0.1) is 0 Å². The van der Waals surface area contributed by atoms with E-state index in [4.69, 9.17) is 11.6 Å². The Morgan fingerprint density at radius 3 is 2.81 bits per heavy atom. The van der Waals surface area contributed by atoms with Gasteiger partial charge in [-0.2, -0.15) is 0 Å². The lowest BCUT2D eigenvalue weighted by Gasteiger charge is -2.09. The second-order valence-corrected chi connectivity index (χ2v) is 4.94. The van der Waals surface area contributed by atoms with Gasteiger partial charge in [0.2, 0.25) is 0 Å². The van der Waals surface area contributed by atoms with Crippen LogP contribution in [0.5, 0.6) is 0 Å². The van der Waals surface area contributed by atoms with E-state index in [1.165, 1.54) is 6.07 Å². The monoisotopic (exact) mass is 240 g/mol. The number of Topliss-reactive ketones (excluding diaryl/α,β-unsaturated/α-hetero) is 1. The van der Waals surface area contributed by atoms with Crippen LogP contribution in [0.15, 0.2) is 18.2 Å². The Labute approximate surface area is 99.6 Å². The highest BCUT2D eigenvalue weighted by Crippen LogP contribution is 2.37. The van der Waals surface area contributed by atoms with E-state index in [0.29, 0.717) is 16.5 Å². The Bertz CT molecular complexity index is 412. The number of hydrogen-bond donors (Lipinski definition) is 0. The predicted octanol–water partition coefficient (Wildman–Crippen LogP) is 3.64. The van der Waals surface area contributed by atoms with Crippen molar-refractivity contribution in [3.63, 3.8) is 0 Å². The molecule has 1 aromatic carbocycles. The van der Waals surface area contributed by atoms with Crippen LogP contribution >= 0.6 is 11.6 Å². The molecule has 86 valence electrons. The van der Waals surface area contributed by atoms with E-state index in [1.807, 2.05) is 6.92 Å². The van der Waals surface area contributed by atoms with E-state index in [2.05, 4.69) is 0 Å². The number of halogens is 2. The maximum Gasteiger partial charge on any atom is 0.140 e. The van der Waals surface area contributed by atoms with Gasteiger partial charge < -0.3 is 0 Å². The Morgan fingerprint density at radius 1 is 1.56 bits per heavy atom. The van der Waals surface area contributed by atoms with E-state index in [0.717, 1.165) is 12.8 Å². The summed E-state index contributed by atoms with van der Waals surface area (Å²) in [6, 6.07) is 4.47. The Morgan fingerprint density at radius 2 is 2.25 bits per heavy atom. The highest BCUT2D eigenvalue weighted by molar-refractivity contribution is 6.30. The van der Waals surface area contributed by atoms with E-state index >= 15 is 0 Å².